The maximum atomic E-state index is 12.3. The van der Waals surface area contributed by atoms with Gasteiger partial charge in [0.2, 0.25) is 0 Å². The highest BCUT2D eigenvalue weighted by Crippen LogP contribution is 2.19. The van der Waals surface area contributed by atoms with Crippen LogP contribution in [0.5, 0.6) is 5.75 Å². The molecule has 162 valence electrons. The number of amides is 1. The molecule has 0 radical (unpaired) electrons. The predicted octanol–water partition coefficient (Wildman–Crippen LogP) is 3.05. The number of ether oxygens (including phenoxy) is 2. The Hall–Kier alpha value is -2.44. The molecule has 0 aliphatic carbocycles. The summed E-state index contributed by atoms with van der Waals surface area (Å²) in [4.78, 5) is 18.4. The fourth-order valence-electron chi connectivity index (χ4n) is 3.30. The summed E-state index contributed by atoms with van der Waals surface area (Å²) >= 11 is 0. The van der Waals surface area contributed by atoms with Gasteiger partial charge in [-0.25, -0.2) is 4.79 Å². The molecule has 0 aromatic heterocycles. The molecule has 1 saturated heterocycles. The first-order valence-corrected chi connectivity index (χ1v) is 10.4. The molecule has 1 atom stereocenters. The zero-order valence-corrected chi connectivity index (χ0v) is 18.5. The normalized spacial score (nSPS) is 17.6. The summed E-state index contributed by atoms with van der Waals surface area (Å²) in [5, 5.41) is 6.75. The van der Waals surface area contributed by atoms with Crippen molar-refractivity contribution in [2.24, 2.45) is 10.9 Å². The highest BCUT2D eigenvalue weighted by atomic mass is 16.6. The van der Waals surface area contributed by atoms with Crippen LogP contribution in [-0.2, 0) is 11.2 Å². The summed E-state index contributed by atoms with van der Waals surface area (Å²) in [5.74, 6) is 2.04. The van der Waals surface area contributed by atoms with Crippen molar-refractivity contribution in [3.05, 3.63) is 29.8 Å². The van der Waals surface area contributed by atoms with E-state index in [0.29, 0.717) is 12.5 Å². The average Bonchev–Trinajstić information content (AvgIpc) is 2.70. The number of nitrogens with zero attached hydrogens (tertiary/aromatic N) is 2. The molecule has 1 aliphatic rings. The number of hydrogen-bond acceptors (Lipinski definition) is 4. The van der Waals surface area contributed by atoms with E-state index < -0.39 is 5.60 Å². The Balaban J connectivity index is 1.73. The third-order valence-corrected chi connectivity index (χ3v) is 4.82. The molecule has 0 saturated carbocycles. The van der Waals surface area contributed by atoms with E-state index in [-0.39, 0.29) is 6.09 Å². The number of carbonyl (C=O) groups is 1. The number of nitrogens with one attached hydrogen (secondary N) is 2. The van der Waals surface area contributed by atoms with Crippen molar-refractivity contribution in [3.8, 4) is 5.75 Å². The van der Waals surface area contributed by atoms with E-state index >= 15 is 0 Å². The third kappa shape index (κ3) is 8.21. The van der Waals surface area contributed by atoms with E-state index in [2.05, 4.69) is 27.8 Å². The largest absolute Gasteiger partial charge is 0.497 e. The molecule has 1 fully saturated rings. The molecule has 1 aromatic rings. The molecule has 1 aliphatic heterocycles. The van der Waals surface area contributed by atoms with Crippen LogP contribution in [0.4, 0.5) is 4.79 Å². The third-order valence-electron chi connectivity index (χ3n) is 4.82. The van der Waals surface area contributed by atoms with Crippen LogP contribution < -0.4 is 15.4 Å². The first-order valence-electron chi connectivity index (χ1n) is 10.4. The molecule has 1 unspecified atom stereocenters. The molecule has 2 rings (SSSR count). The minimum atomic E-state index is -0.460. The Morgan fingerprint density at radius 1 is 1.24 bits per heavy atom. The zero-order chi connectivity index (χ0) is 21.3. The highest BCUT2D eigenvalue weighted by Gasteiger charge is 2.27. The number of methoxy groups -OCH3 is 1. The lowest BCUT2D eigenvalue weighted by Gasteiger charge is -2.34. The Labute approximate surface area is 174 Å². The fourth-order valence-corrected chi connectivity index (χ4v) is 3.30. The maximum Gasteiger partial charge on any atom is 0.410 e. The molecule has 0 bridgehead atoms. The van der Waals surface area contributed by atoms with Gasteiger partial charge < -0.3 is 25.0 Å². The van der Waals surface area contributed by atoms with Crippen LogP contribution in [0.1, 0.15) is 39.2 Å². The molecule has 7 nitrogen and oxygen atoms in total. The quantitative estimate of drug-likeness (QED) is 0.563. The number of hydrogen-bond donors (Lipinski definition) is 2. The molecule has 0 spiro atoms. The lowest BCUT2D eigenvalue weighted by Crippen LogP contribution is -2.47. The Morgan fingerprint density at radius 2 is 1.97 bits per heavy atom. The van der Waals surface area contributed by atoms with Gasteiger partial charge in [0.05, 0.1) is 7.11 Å². The summed E-state index contributed by atoms with van der Waals surface area (Å²) in [6.07, 6.45) is 2.77. The van der Waals surface area contributed by atoms with Crippen molar-refractivity contribution >= 4 is 12.1 Å². The highest BCUT2D eigenvalue weighted by molar-refractivity contribution is 5.79. The van der Waals surface area contributed by atoms with Crippen molar-refractivity contribution in [1.29, 1.82) is 0 Å². The van der Waals surface area contributed by atoms with E-state index in [0.717, 1.165) is 50.6 Å². The van der Waals surface area contributed by atoms with Crippen LogP contribution in [0, 0.1) is 5.92 Å². The van der Waals surface area contributed by atoms with Gasteiger partial charge in [-0.2, -0.15) is 0 Å². The standard InChI is InChI=1S/C22H36N4O3/c1-22(2,3)29-21(27)26-14-6-7-18(16-26)15-25-20(23-4)24-13-12-17-8-10-19(28-5)11-9-17/h8-11,18H,6-7,12-16H2,1-5H3,(H2,23,24,25). The van der Waals surface area contributed by atoms with Crippen LogP contribution in [0.15, 0.2) is 29.3 Å². The SMILES string of the molecule is CN=C(NCCc1ccc(OC)cc1)NCC1CCCN(C(=O)OC(C)(C)C)C1. The summed E-state index contributed by atoms with van der Waals surface area (Å²) in [7, 11) is 3.45. The monoisotopic (exact) mass is 404 g/mol. The summed E-state index contributed by atoms with van der Waals surface area (Å²) in [5.41, 5.74) is 0.784. The Bertz CT molecular complexity index is 668. The average molecular weight is 405 g/mol. The van der Waals surface area contributed by atoms with Crippen LogP contribution in [-0.4, -0.2) is 62.9 Å². The van der Waals surface area contributed by atoms with Crippen molar-refractivity contribution in [2.75, 3.05) is 40.3 Å². The molecule has 29 heavy (non-hydrogen) atoms. The topological polar surface area (TPSA) is 75.2 Å². The van der Waals surface area contributed by atoms with E-state index in [9.17, 15) is 4.79 Å². The molecule has 2 N–H and O–H groups in total. The second kappa shape index (κ2) is 10.9. The molecule has 1 heterocycles. The number of aliphatic imine (C=N–C) groups is 1. The minimum Gasteiger partial charge on any atom is -0.497 e. The van der Waals surface area contributed by atoms with Crippen molar-refractivity contribution in [3.63, 3.8) is 0 Å². The van der Waals surface area contributed by atoms with Gasteiger partial charge in [0, 0.05) is 33.2 Å². The van der Waals surface area contributed by atoms with Crippen molar-refractivity contribution in [2.45, 2.75) is 45.6 Å². The smallest absolute Gasteiger partial charge is 0.410 e. The summed E-state index contributed by atoms with van der Waals surface area (Å²) < 4.78 is 10.7. The van der Waals surface area contributed by atoms with Crippen molar-refractivity contribution in [1.82, 2.24) is 15.5 Å². The van der Waals surface area contributed by atoms with E-state index in [4.69, 9.17) is 9.47 Å². The molecule has 7 heteroatoms. The summed E-state index contributed by atoms with van der Waals surface area (Å²) in [6, 6.07) is 8.10. The Kier molecular flexibility index (Phi) is 8.61. The van der Waals surface area contributed by atoms with Gasteiger partial charge in [0.1, 0.15) is 11.4 Å². The lowest BCUT2D eigenvalue weighted by atomic mass is 9.98. The van der Waals surface area contributed by atoms with Gasteiger partial charge in [0.15, 0.2) is 5.96 Å². The first kappa shape index (κ1) is 22.8. The van der Waals surface area contributed by atoms with E-state index in [1.807, 2.05) is 37.8 Å². The summed E-state index contributed by atoms with van der Waals surface area (Å²) in [6.45, 7) is 8.74. The number of piperidine rings is 1. The molecule has 1 aromatic carbocycles. The second-order valence-corrected chi connectivity index (χ2v) is 8.41. The van der Waals surface area contributed by atoms with Gasteiger partial charge >= 0.3 is 6.09 Å². The van der Waals surface area contributed by atoms with Crippen LogP contribution >= 0.6 is 0 Å². The van der Waals surface area contributed by atoms with Crippen LogP contribution in [0.25, 0.3) is 0 Å². The van der Waals surface area contributed by atoms with E-state index in [1.165, 1.54) is 5.56 Å². The lowest BCUT2D eigenvalue weighted by molar-refractivity contribution is 0.0168. The minimum absolute atomic E-state index is 0.218. The maximum absolute atomic E-state index is 12.3. The molecular formula is C22H36N4O3. The number of guanidine groups is 1. The van der Waals surface area contributed by atoms with Crippen LogP contribution in [0.2, 0.25) is 0 Å². The number of rotatable bonds is 6. The first-order chi connectivity index (χ1) is 13.8. The van der Waals surface area contributed by atoms with E-state index in [1.54, 1.807) is 14.2 Å². The van der Waals surface area contributed by atoms with Gasteiger partial charge in [-0.15, -0.1) is 0 Å². The van der Waals surface area contributed by atoms with Crippen molar-refractivity contribution < 1.29 is 14.3 Å². The number of benzene rings is 1. The van der Waals surface area contributed by atoms with Gasteiger partial charge in [-0.05, 0) is 63.6 Å². The van der Waals surface area contributed by atoms with Gasteiger partial charge in [-0.1, -0.05) is 12.1 Å². The zero-order valence-electron chi connectivity index (χ0n) is 18.5. The number of likely N-dealkylation sites (tertiary alicyclic amines) is 1. The number of carbonyl (C=O) groups excluding carboxylic acids is 1. The second-order valence-electron chi connectivity index (χ2n) is 8.41. The van der Waals surface area contributed by atoms with Gasteiger partial charge in [0.25, 0.3) is 0 Å². The molecular weight excluding hydrogens is 368 g/mol. The van der Waals surface area contributed by atoms with Crippen LogP contribution in [0.3, 0.4) is 0 Å². The van der Waals surface area contributed by atoms with Gasteiger partial charge in [-0.3, -0.25) is 4.99 Å². The molecule has 1 amide bonds. The fraction of sp³-hybridized carbons (Fsp3) is 0.636. The Morgan fingerprint density at radius 3 is 2.59 bits per heavy atom. The predicted molar refractivity (Wildman–Crippen MR) is 117 cm³/mol.